The van der Waals surface area contributed by atoms with Crippen molar-refractivity contribution in [2.24, 2.45) is 0 Å². The van der Waals surface area contributed by atoms with Crippen molar-refractivity contribution in [2.45, 2.75) is 59.4 Å². The minimum atomic E-state index is -1.31. The van der Waals surface area contributed by atoms with Crippen LogP contribution in [0.5, 0.6) is 0 Å². The molecular weight excluding hydrogens is 446 g/mol. The fourth-order valence-electron chi connectivity index (χ4n) is 4.67. The molecule has 1 amide bonds. The van der Waals surface area contributed by atoms with Crippen LogP contribution in [0.25, 0.3) is 33.1 Å². The Bertz CT molecular complexity index is 1480. The molecule has 0 aliphatic rings. The lowest BCUT2D eigenvalue weighted by molar-refractivity contribution is -0.308. The zero-order valence-electron chi connectivity index (χ0n) is 20.3. The van der Waals surface area contributed by atoms with Crippen molar-refractivity contribution in [1.29, 1.82) is 0 Å². The lowest BCUT2D eigenvalue weighted by atomic mass is 9.96. The highest BCUT2D eigenvalue weighted by atomic mass is 16.4. The molecule has 0 bridgehead atoms. The fraction of sp³-hybridized carbons (Fsp3) is 0.321. The Morgan fingerprint density at radius 1 is 1.00 bits per heavy atom. The summed E-state index contributed by atoms with van der Waals surface area (Å²) in [6.45, 7) is 7.45. The highest BCUT2D eigenvalue weighted by Gasteiger charge is 2.21. The fourth-order valence-corrected chi connectivity index (χ4v) is 4.67. The number of furan rings is 1. The number of carbonyl (C=O) groups excluding carboxylic acids is 2. The maximum Gasteiger partial charge on any atom is 0.339 e. The van der Waals surface area contributed by atoms with E-state index in [1.807, 2.05) is 64.1 Å². The van der Waals surface area contributed by atoms with Gasteiger partial charge in [-0.2, -0.15) is 0 Å². The standard InChI is InChI=1S/C28H29NO6/c1-5-9-22(27(31)32)29-23(30)13-12-19-15(2)20-14-21-24(18-10-7-6-8-11-18)17(4)34-26(21)16(3)25(20)35-28(19)33/h6-8,10-11,14,22H,5,9,12-13H2,1-4H3,(H,29,30)(H,31,32)/p-1/t22-/m1/s1. The topological polar surface area (TPSA) is 113 Å². The van der Waals surface area contributed by atoms with Gasteiger partial charge >= 0.3 is 5.63 Å². The van der Waals surface area contributed by atoms with Crippen molar-refractivity contribution in [3.8, 4) is 11.1 Å². The summed E-state index contributed by atoms with van der Waals surface area (Å²) in [5.74, 6) is -0.989. The average Bonchev–Trinajstić information content (AvgIpc) is 3.16. The summed E-state index contributed by atoms with van der Waals surface area (Å²) in [6, 6.07) is 10.9. The number of nitrogens with one attached hydrogen (secondary N) is 1. The number of carboxylic acid groups (broad SMARTS) is 1. The Labute approximate surface area is 202 Å². The van der Waals surface area contributed by atoms with E-state index in [4.69, 9.17) is 8.83 Å². The zero-order chi connectivity index (χ0) is 25.3. The number of hydrogen-bond acceptors (Lipinski definition) is 6. The Kier molecular flexibility index (Phi) is 6.78. The van der Waals surface area contributed by atoms with E-state index in [0.29, 0.717) is 23.2 Å². The molecule has 0 radical (unpaired) electrons. The molecule has 0 spiro atoms. The molecule has 35 heavy (non-hydrogen) atoms. The molecule has 0 saturated heterocycles. The molecule has 1 atom stereocenters. The largest absolute Gasteiger partial charge is 0.548 e. The molecule has 2 heterocycles. The van der Waals surface area contributed by atoms with E-state index in [9.17, 15) is 19.5 Å². The smallest absolute Gasteiger partial charge is 0.339 e. The molecule has 0 unspecified atom stereocenters. The molecule has 4 rings (SSSR count). The maximum atomic E-state index is 12.8. The number of amides is 1. The number of hydrogen-bond donors (Lipinski definition) is 1. The van der Waals surface area contributed by atoms with Gasteiger partial charge in [0.05, 0.1) is 12.0 Å². The Hall–Kier alpha value is -3.87. The third kappa shape index (κ3) is 4.58. The molecule has 7 heteroatoms. The van der Waals surface area contributed by atoms with Crippen LogP contribution in [0.15, 0.2) is 50.0 Å². The number of carboxylic acids is 1. The Morgan fingerprint density at radius 2 is 1.69 bits per heavy atom. The minimum absolute atomic E-state index is 0.0358. The second-order valence-corrected chi connectivity index (χ2v) is 8.88. The van der Waals surface area contributed by atoms with E-state index in [2.05, 4.69) is 5.32 Å². The highest BCUT2D eigenvalue weighted by molar-refractivity contribution is 6.05. The molecule has 0 fully saturated rings. The Balaban J connectivity index is 1.74. The number of aliphatic carboxylic acids is 1. The molecule has 2 aromatic carbocycles. The molecule has 182 valence electrons. The summed E-state index contributed by atoms with van der Waals surface area (Å²) in [5, 5.41) is 15.4. The molecule has 7 nitrogen and oxygen atoms in total. The van der Waals surface area contributed by atoms with Crippen LogP contribution in [-0.4, -0.2) is 17.9 Å². The number of aryl methyl sites for hydroxylation is 3. The molecule has 0 aliphatic carbocycles. The molecule has 0 aliphatic heterocycles. The van der Waals surface area contributed by atoms with Crippen LogP contribution in [-0.2, 0) is 16.0 Å². The van der Waals surface area contributed by atoms with Crippen LogP contribution >= 0.6 is 0 Å². The quantitative estimate of drug-likeness (QED) is 0.385. The van der Waals surface area contributed by atoms with Crippen LogP contribution < -0.4 is 16.0 Å². The maximum absolute atomic E-state index is 12.8. The minimum Gasteiger partial charge on any atom is -0.548 e. The van der Waals surface area contributed by atoms with Crippen LogP contribution in [0.1, 0.15) is 48.6 Å². The van der Waals surface area contributed by atoms with Crippen molar-refractivity contribution in [1.82, 2.24) is 5.32 Å². The third-order valence-corrected chi connectivity index (χ3v) is 6.50. The number of rotatable bonds is 8. The van der Waals surface area contributed by atoms with E-state index in [0.717, 1.165) is 38.8 Å². The predicted octanol–water partition coefficient (Wildman–Crippen LogP) is 4.10. The van der Waals surface area contributed by atoms with Gasteiger partial charge in [-0.1, -0.05) is 43.7 Å². The molecular formula is C28H28NO6-. The van der Waals surface area contributed by atoms with Gasteiger partial charge in [0.2, 0.25) is 5.91 Å². The monoisotopic (exact) mass is 474 g/mol. The molecule has 4 aromatic rings. The van der Waals surface area contributed by atoms with Crippen molar-refractivity contribution in [2.75, 3.05) is 0 Å². The summed E-state index contributed by atoms with van der Waals surface area (Å²) in [6.07, 6.45) is 0.980. The van der Waals surface area contributed by atoms with Crippen molar-refractivity contribution >= 4 is 33.8 Å². The second kappa shape index (κ2) is 9.78. The first kappa shape index (κ1) is 24.3. The zero-order valence-corrected chi connectivity index (χ0v) is 20.3. The van der Waals surface area contributed by atoms with Gasteiger partial charge in [-0.25, -0.2) is 4.79 Å². The van der Waals surface area contributed by atoms with Crippen LogP contribution in [0.3, 0.4) is 0 Å². The van der Waals surface area contributed by atoms with Crippen LogP contribution in [0.2, 0.25) is 0 Å². The van der Waals surface area contributed by atoms with Gasteiger partial charge < -0.3 is 24.1 Å². The Morgan fingerprint density at radius 3 is 2.34 bits per heavy atom. The number of fused-ring (bicyclic) bond motifs is 2. The summed E-state index contributed by atoms with van der Waals surface area (Å²) in [5.41, 5.74) is 4.51. The molecule has 1 N–H and O–H groups in total. The van der Waals surface area contributed by atoms with Crippen molar-refractivity contribution in [3.05, 3.63) is 69.3 Å². The average molecular weight is 475 g/mol. The second-order valence-electron chi connectivity index (χ2n) is 8.88. The number of carbonyl (C=O) groups is 2. The summed E-state index contributed by atoms with van der Waals surface area (Å²) >= 11 is 0. The predicted molar refractivity (Wildman–Crippen MR) is 132 cm³/mol. The lowest BCUT2D eigenvalue weighted by Gasteiger charge is -2.19. The molecule has 2 aromatic heterocycles. The first-order valence-corrected chi connectivity index (χ1v) is 11.8. The van der Waals surface area contributed by atoms with E-state index >= 15 is 0 Å². The first-order valence-electron chi connectivity index (χ1n) is 11.8. The molecule has 0 saturated carbocycles. The SMILES string of the molecule is CCC[C@@H](NC(=O)CCc1c(C)c2cc3c(-c4ccccc4)c(C)oc3c(C)c2oc1=O)C(=O)[O-]. The normalized spacial score (nSPS) is 12.2. The van der Waals surface area contributed by atoms with Gasteiger partial charge in [-0.3, -0.25) is 4.79 Å². The van der Waals surface area contributed by atoms with Gasteiger partial charge in [0.15, 0.2) is 0 Å². The van der Waals surface area contributed by atoms with E-state index < -0.39 is 23.5 Å². The van der Waals surface area contributed by atoms with E-state index in [-0.39, 0.29) is 19.3 Å². The van der Waals surface area contributed by atoms with Crippen LogP contribution in [0.4, 0.5) is 0 Å². The van der Waals surface area contributed by atoms with Crippen molar-refractivity contribution < 1.29 is 23.5 Å². The highest BCUT2D eigenvalue weighted by Crippen LogP contribution is 2.39. The van der Waals surface area contributed by atoms with E-state index in [1.54, 1.807) is 0 Å². The first-order chi connectivity index (χ1) is 16.7. The van der Waals surface area contributed by atoms with Gasteiger partial charge in [0, 0.05) is 33.9 Å². The van der Waals surface area contributed by atoms with Gasteiger partial charge in [0.25, 0.3) is 0 Å². The van der Waals surface area contributed by atoms with Crippen LogP contribution in [0, 0.1) is 20.8 Å². The summed E-state index contributed by atoms with van der Waals surface area (Å²) in [7, 11) is 0. The van der Waals surface area contributed by atoms with Crippen molar-refractivity contribution in [3.63, 3.8) is 0 Å². The van der Waals surface area contributed by atoms with Gasteiger partial charge in [-0.05, 0) is 50.8 Å². The van der Waals surface area contributed by atoms with E-state index in [1.165, 1.54) is 0 Å². The lowest BCUT2D eigenvalue weighted by Crippen LogP contribution is -2.47. The number of benzene rings is 2. The summed E-state index contributed by atoms with van der Waals surface area (Å²) in [4.78, 5) is 36.5. The summed E-state index contributed by atoms with van der Waals surface area (Å²) < 4.78 is 11.8. The third-order valence-electron chi connectivity index (χ3n) is 6.50. The van der Waals surface area contributed by atoms with Gasteiger partial charge in [0.1, 0.15) is 16.9 Å². The van der Waals surface area contributed by atoms with Gasteiger partial charge in [-0.15, -0.1) is 0 Å².